The Morgan fingerprint density at radius 2 is 0.877 bits per heavy atom. The molecule has 7 heteroatoms. The summed E-state index contributed by atoms with van der Waals surface area (Å²) in [5, 5.41) is 5.58. The second-order valence-electron chi connectivity index (χ2n) is 16.2. The molecule has 4 heterocycles. The van der Waals surface area contributed by atoms with E-state index in [1.54, 1.807) is 11.3 Å². The number of furan rings is 1. The quantitative estimate of drug-likeness (QED) is 0.160. The van der Waals surface area contributed by atoms with Gasteiger partial charge < -0.3 is 8.98 Å². The Bertz CT molecular complexity index is 3870. The van der Waals surface area contributed by atoms with E-state index in [0.717, 1.165) is 98.4 Å². The van der Waals surface area contributed by atoms with Crippen molar-refractivity contribution in [2.75, 3.05) is 0 Å². The highest BCUT2D eigenvalue weighted by Crippen LogP contribution is 2.42. The van der Waals surface area contributed by atoms with Gasteiger partial charge in [-0.25, -0.2) is 19.9 Å². The van der Waals surface area contributed by atoms with Gasteiger partial charge in [0.1, 0.15) is 16.2 Å². The second kappa shape index (κ2) is 15.1. The Morgan fingerprint density at radius 1 is 0.354 bits per heavy atom. The number of aromatic nitrogens is 5. The van der Waals surface area contributed by atoms with Crippen LogP contribution in [0.25, 0.3) is 127 Å². The van der Waals surface area contributed by atoms with Crippen LogP contribution >= 0.6 is 11.3 Å². The van der Waals surface area contributed by atoms with Crippen molar-refractivity contribution in [1.29, 1.82) is 0 Å². The van der Waals surface area contributed by atoms with E-state index in [1.165, 1.54) is 10.8 Å². The van der Waals surface area contributed by atoms with Crippen LogP contribution in [0.3, 0.4) is 0 Å². The zero-order valence-corrected chi connectivity index (χ0v) is 35.6. The van der Waals surface area contributed by atoms with Gasteiger partial charge in [-0.1, -0.05) is 152 Å². The van der Waals surface area contributed by atoms with E-state index in [9.17, 15) is 0 Å². The van der Waals surface area contributed by atoms with Crippen LogP contribution in [-0.2, 0) is 0 Å². The van der Waals surface area contributed by atoms with Gasteiger partial charge in [-0.15, -0.1) is 11.3 Å². The van der Waals surface area contributed by atoms with E-state index < -0.39 is 0 Å². The van der Waals surface area contributed by atoms with E-state index in [1.807, 2.05) is 66.7 Å². The summed E-state index contributed by atoms with van der Waals surface area (Å²) in [5.41, 5.74) is 14.4. The molecule has 6 nitrogen and oxygen atoms in total. The number of hydrogen-bond acceptors (Lipinski definition) is 6. The molecule has 0 bridgehead atoms. The normalized spacial score (nSPS) is 11.7. The molecule has 9 aromatic carbocycles. The average molecular weight is 850 g/mol. The summed E-state index contributed by atoms with van der Waals surface area (Å²) in [4.78, 5) is 19.9. The summed E-state index contributed by atoms with van der Waals surface area (Å²) in [6.45, 7) is 0. The molecule has 65 heavy (non-hydrogen) atoms. The van der Waals surface area contributed by atoms with Crippen molar-refractivity contribution >= 4 is 65.3 Å². The van der Waals surface area contributed by atoms with E-state index in [-0.39, 0.29) is 0 Å². The molecule has 0 saturated heterocycles. The number of thiazole rings is 1. The van der Waals surface area contributed by atoms with E-state index in [0.29, 0.717) is 17.5 Å². The molecule has 0 unspecified atom stereocenters. The van der Waals surface area contributed by atoms with Crippen LogP contribution in [0.4, 0.5) is 0 Å². The Labute approximate surface area is 377 Å². The summed E-state index contributed by atoms with van der Waals surface area (Å²) >= 11 is 1.68. The molecular weight excluding hydrogens is 815 g/mol. The Kier molecular flexibility index (Phi) is 8.60. The minimum atomic E-state index is 0.612. The van der Waals surface area contributed by atoms with Crippen LogP contribution in [0, 0.1) is 0 Å². The minimum Gasteiger partial charge on any atom is -0.455 e. The zero-order chi connectivity index (χ0) is 42.8. The van der Waals surface area contributed by atoms with Gasteiger partial charge in [0, 0.05) is 60.6 Å². The minimum absolute atomic E-state index is 0.612. The SMILES string of the molecule is c1ccc(-c2nc(-c3ccccc3)nc(-c3ccc4sc(-c5ccc(-n6c7ccccc7c7cc(-c8cccc9c8oc8c(-c%10ccccc%10)cccc89)ccc76)cc5)nc4c3)n2)cc1. The average Bonchev–Trinajstić information content (AvgIpc) is 4.09. The van der Waals surface area contributed by atoms with Crippen LogP contribution in [0.5, 0.6) is 0 Å². The fourth-order valence-corrected chi connectivity index (χ4v) is 10.1. The Hall–Kier alpha value is -8.52. The van der Waals surface area contributed by atoms with Gasteiger partial charge in [0.25, 0.3) is 0 Å². The van der Waals surface area contributed by atoms with Crippen LogP contribution in [-0.4, -0.2) is 24.5 Å². The number of fused-ring (bicyclic) bond motifs is 7. The van der Waals surface area contributed by atoms with Crippen LogP contribution in [0.2, 0.25) is 0 Å². The van der Waals surface area contributed by atoms with Gasteiger partial charge in [-0.2, -0.15) is 0 Å². The Balaban J connectivity index is 0.854. The molecule has 0 aliphatic carbocycles. The van der Waals surface area contributed by atoms with Gasteiger partial charge in [0.2, 0.25) is 0 Å². The molecule has 0 aliphatic heterocycles. The third-order valence-electron chi connectivity index (χ3n) is 12.3. The molecule has 0 spiro atoms. The fraction of sp³-hybridized carbons (Fsp3) is 0. The molecule has 0 radical (unpaired) electrons. The first-order valence-electron chi connectivity index (χ1n) is 21.6. The van der Waals surface area contributed by atoms with E-state index >= 15 is 0 Å². The van der Waals surface area contributed by atoms with Crippen molar-refractivity contribution in [3.8, 4) is 72.7 Å². The molecule has 0 saturated carbocycles. The highest BCUT2D eigenvalue weighted by atomic mass is 32.1. The van der Waals surface area contributed by atoms with Crippen molar-refractivity contribution in [2.24, 2.45) is 0 Å². The van der Waals surface area contributed by atoms with Crippen LogP contribution < -0.4 is 0 Å². The molecular formula is C58H35N5OS. The van der Waals surface area contributed by atoms with Gasteiger partial charge in [-0.05, 0) is 71.8 Å². The van der Waals surface area contributed by atoms with Gasteiger partial charge >= 0.3 is 0 Å². The standard InChI is InChI=1S/C58H35N5OS/c1-4-14-36(15-5-1)43-21-12-23-46-47-24-13-22-44(54(47)64-53(43)46)40-28-32-51-48(34-40)45-20-10-11-25-50(45)63(51)42-30-26-39(27-31-42)58-59-49-35-41(29-33-52(49)65-58)57-61-55(37-16-6-2-7-17-37)60-56(62-57)38-18-8-3-9-19-38/h1-35H. The predicted octanol–water partition coefficient (Wildman–Crippen LogP) is 15.5. The Morgan fingerprint density at radius 3 is 1.54 bits per heavy atom. The number of rotatable bonds is 7. The lowest BCUT2D eigenvalue weighted by Crippen LogP contribution is -2.00. The van der Waals surface area contributed by atoms with Crippen molar-refractivity contribution in [3.63, 3.8) is 0 Å². The number of benzene rings is 9. The zero-order valence-electron chi connectivity index (χ0n) is 34.8. The van der Waals surface area contributed by atoms with Crippen LogP contribution in [0.15, 0.2) is 217 Å². The molecule has 0 fully saturated rings. The number of hydrogen-bond donors (Lipinski definition) is 0. The maximum atomic E-state index is 6.81. The maximum absolute atomic E-state index is 6.81. The van der Waals surface area contributed by atoms with Gasteiger partial charge in [0.05, 0.1) is 21.3 Å². The third kappa shape index (κ3) is 6.32. The van der Waals surface area contributed by atoms with Crippen molar-refractivity contribution < 1.29 is 4.42 Å². The van der Waals surface area contributed by atoms with Crippen LogP contribution in [0.1, 0.15) is 0 Å². The largest absolute Gasteiger partial charge is 0.455 e. The van der Waals surface area contributed by atoms with Crippen molar-refractivity contribution in [1.82, 2.24) is 24.5 Å². The second-order valence-corrected chi connectivity index (χ2v) is 17.2. The monoisotopic (exact) mass is 849 g/mol. The molecule has 13 aromatic rings. The highest BCUT2D eigenvalue weighted by Gasteiger charge is 2.19. The topological polar surface area (TPSA) is 69.6 Å². The fourth-order valence-electron chi connectivity index (χ4n) is 9.19. The van der Waals surface area contributed by atoms with E-state index in [4.69, 9.17) is 24.4 Å². The van der Waals surface area contributed by atoms with Crippen molar-refractivity contribution in [2.45, 2.75) is 0 Å². The summed E-state index contributed by atoms with van der Waals surface area (Å²) in [6.07, 6.45) is 0. The smallest absolute Gasteiger partial charge is 0.164 e. The lowest BCUT2D eigenvalue weighted by atomic mass is 9.99. The summed E-state index contributed by atoms with van der Waals surface area (Å²) < 4.78 is 10.3. The molecule has 0 aliphatic rings. The summed E-state index contributed by atoms with van der Waals surface area (Å²) in [5.74, 6) is 1.88. The molecule has 13 rings (SSSR count). The first-order valence-corrected chi connectivity index (χ1v) is 22.4. The third-order valence-corrected chi connectivity index (χ3v) is 13.4. The molecule has 0 atom stereocenters. The molecule has 304 valence electrons. The summed E-state index contributed by atoms with van der Waals surface area (Å²) in [6, 6.07) is 74.0. The first kappa shape index (κ1) is 37.1. The number of nitrogens with zero attached hydrogens (tertiary/aromatic N) is 5. The van der Waals surface area contributed by atoms with E-state index in [2.05, 4.69) is 150 Å². The number of para-hydroxylation sites is 3. The van der Waals surface area contributed by atoms with Gasteiger partial charge in [-0.3, -0.25) is 0 Å². The molecule has 4 aromatic heterocycles. The van der Waals surface area contributed by atoms with Crippen molar-refractivity contribution in [3.05, 3.63) is 212 Å². The lowest BCUT2D eigenvalue weighted by Gasteiger charge is -2.09. The lowest BCUT2D eigenvalue weighted by molar-refractivity contribution is 0.671. The first-order chi connectivity index (χ1) is 32.2. The highest BCUT2D eigenvalue weighted by molar-refractivity contribution is 7.21. The summed E-state index contributed by atoms with van der Waals surface area (Å²) in [7, 11) is 0. The van der Waals surface area contributed by atoms with Gasteiger partial charge in [0.15, 0.2) is 17.5 Å². The predicted molar refractivity (Wildman–Crippen MR) is 267 cm³/mol. The molecule has 0 N–H and O–H groups in total. The molecule has 0 amide bonds. The maximum Gasteiger partial charge on any atom is 0.164 e.